The predicted molar refractivity (Wildman–Crippen MR) is 87.7 cm³/mol. The molecule has 0 radical (unpaired) electrons. The molecule has 4 rings (SSSR count). The molecule has 25 heavy (non-hydrogen) atoms. The van der Waals surface area contributed by atoms with Gasteiger partial charge in [-0.25, -0.2) is 0 Å². The summed E-state index contributed by atoms with van der Waals surface area (Å²) < 4.78 is 3.70. The molecule has 0 aromatic carbocycles. The van der Waals surface area contributed by atoms with Crippen molar-refractivity contribution in [2.45, 2.75) is 12.6 Å². The molecule has 1 fully saturated rings. The van der Waals surface area contributed by atoms with E-state index < -0.39 is 0 Å². The van der Waals surface area contributed by atoms with Gasteiger partial charge < -0.3 is 15.1 Å². The molecule has 10 heteroatoms. The number of oxime groups is 1. The molecule has 1 N–H and O–H groups in total. The zero-order chi connectivity index (χ0) is 17.2. The molecule has 2 atom stereocenters. The van der Waals surface area contributed by atoms with Crippen LogP contribution in [0.4, 0.5) is 0 Å². The molecule has 128 valence electrons. The third-order valence-corrected chi connectivity index (χ3v) is 4.68. The number of hydrogen-bond donors (Lipinski definition) is 1. The van der Waals surface area contributed by atoms with E-state index in [0.29, 0.717) is 31.0 Å². The average molecular weight is 358 g/mol. The Labute approximate surface area is 146 Å². The van der Waals surface area contributed by atoms with Crippen LogP contribution in [0.3, 0.4) is 0 Å². The van der Waals surface area contributed by atoms with Gasteiger partial charge in [0.1, 0.15) is 0 Å². The average Bonchev–Trinajstić information content (AvgIpc) is 3.36. The Morgan fingerprint density at radius 1 is 1.40 bits per heavy atom. The zero-order valence-electron chi connectivity index (χ0n) is 13.0. The molecule has 9 nitrogen and oxygen atoms in total. The second-order valence-corrected chi connectivity index (χ2v) is 6.38. The first-order chi connectivity index (χ1) is 12.2. The van der Waals surface area contributed by atoms with E-state index in [9.17, 15) is 9.59 Å². The summed E-state index contributed by atoms with van der Waals surface area (Å²) in [7, 11) is 0. The summed E-state index contributed by atoms with van der Waals surface area (Å²) in [5.41, 5.74) is 1.52. The van der Waals surface area contributed by atoms with Crippen LogP contribution in [0.25, 0.3) is 0 Å². The lowest BCUT2D eigenvalue weighted by Gasteiger charge is -2.14. The molecule has 0 unspecified atom stereocenters. The summed E-state index contributed by atoms with van der Waals surface area (Å²) in [5, 5.41) is 12.1. The minimum absolute atomic E-state index is 0.207. The highest BCUT2D eigenvalue weighted by Crippen LogP contribution is 2.28. The van der Waals surface area contributed by atoms with Crippen LogP contribution >= 0.6 is 11.5 Å². The van der Waals surface area contributed by atoms with Crippen LogP contribution < -0.4 is 5.32 Å². The summed E-state index contributed by atoms with van der Waals surface area (Å²) in [6.07, 6.45) is 3.07. The van der Waals surface area contributed by atoms with Crippen LogP contribution in [0.15, 0.2) is 35.1 Å². The Hall–Kier alpha value is -2.88. The lowest BCUT2D eigenvalue weighted by atomic mass is 10.0. The Balaban J connectivity index is 1.38. The number of aromatic nitrogens is 3. The van der Waals surface area contributed by atoms with Gasteiger partial charge in [-0.2, -0.15) is 0 Å². The summed E-state index contributed by atoms with van der Waals surface area (Å²) >= 11 is 1.13. The van der Waals surface area contributed by atoms with Gasteiger partial charge in [0.2, 0.25) is 0 Å². The van der Waals surface area contributed by atoms with Crippen molar-refractivity contribution in [1.82, 2.24) is 24.8 Å². The van der Waals surface area contributed by atoms with E-state index in [1.807, 2.05) is 12.1 Å². The van der Waals surface area contributed by atoms with Crippen molar-refractivity contribution in [3.05, 3.63) is 41.2 Å². The monoisotopic (exact) mass is 358 g/mol. The second kappa shape index (κ2) is 6.55. The van der Waals surface area contributed by atoms with Gasteiger partial charge in [-0.1, -0.05) is 15.7 Å². The van der Waals surface area contributed by atoms with Gasteiger partial charge in [-0.05, 0) is 23.2 Å². The molecule has 0 spiro atoms. The van der Waals surface area contributed by atoms with Gasteiger partial charge >= 0.3 is 0 Å². The maximum Gasteiger partial charge on any atom is 0.275 e. The highest BCUT2D eigenvalue weighted by molar-refractivity contribution is 7.03. The summed E-state index contributed by atoms with van der Waals surface area (Å²) in [4.78, 5) is 35.7. The molecule has 2 aromatic rings. The third kappa shape index (κ3) is 3.07. The fraction of sp³-hybridized carbons (Fsp3) is 0.333. The lowest BCUT2D eigenvalue weighted by molar-refractivity contribution is -0.115. The van der Waals surface area contributed by atoms with Crippen molar-refractivity contribution in [1.29, 1.82) is 0 Å². The first kappa shape index (κ1) is 15.6. The van der Waals surface area contributed by atoms with E-state index in [-0.39, 0.29) is 23.8 Å². The molecular weight excluding hydrogens is 344 g/mol. The number of nitrogens with zero attached hydrogens (tertiary/aromatic N) is 5. The first-order valence-corrected chi connectivity index (χ1v) is 8.53. The Morgan fingerprint density at radius 3 is 3.08 bits per heavy atom. The van der Waals surface area contributed by atoms with Crippen molar-refractivity contribution in [3.8, 4) is 0 Å². The second-order valence-electron chi connectivity index (χ2n) is 5.77. The standard InChI is InChI=1S/C15H14N6O3S/c22-14(17-5-9-2-1-3-16-4-9)13-10-6-21(7-12(10)24-19-13)15(23)11-8-25-20-18-11/h1-4,8,10,12H,5-7H2,(H,17,22)/t10-,12+/m0/s1. The maximum absolute atomic E-state index is 12.4. The van der Waals surface area contributed by atoms with Crippen LogP contribution in [0.1, 0.15) is 16.1 Å². The summed E-state index contributed by atoms with van der Waals surface area (Å²) in [6.45, 7) is 1.11. The summed E-state index contributed by atoms with van der Waals surface area (Å²) in [5.74, 6) is -0.729. The number of likely N-dealkylation sites (tertiary alicyclic amines) is 1. The molecule has 4 heterocycles. The van der Waals surface area contributed by atoms with Crippen molar-refractivity contribution in [2.24, 2.45) is 11.1 Å². The fourth-order valence-electron chi connectivity index (χ4n) is 2.91. The van der Waals surface area contributed by atoms with Crippen LogP contribution in [0.5, 0.6) is 0 Å². The van der Waals surface area contributed by atoms with Crippen molar-refractivity contribution in [3.63, 3.8) is 0 Å². The molecule has 0 bridgehead atoms. The van der Waals surface area contributed by atoms with E-state index in [2.05, 4.69) is 25.0 Å². The molecule has 2 aromatic heterocycles. The van der Waals surface area contributed by atoms with E-state index >= 15 is 0 Å². The van der Waals surface area contributed by atoms with E-state index in [1.165, 1.54) is 0 Å². The van der Waals surface area contributed by atoms with Crippen LogP contribution in [-0.4, -0.2) is 56.2 Å². The molecular formula is C15H14N6O3S. The topological polar surface area (TPSA) is 110 Å². The number of nitrogens with one attached hydrogen (secondary N) is 1. The van der Waals surface area contributed by atoms with Gasteiger partial charge in [0.05, 0.1) is 12.5 Å². The van der Waals surface area contributed by atoms with E-state index in [0.717, 1.165) is 17.1 Å². The third-order valence-electron chi connectivity index (χ3n) is 4.18. The maximum atomic E-state index is 12.4. The zero-order valence-corrected chi connectivity index (χ0v) is 13.8. The molecule has 2 aliphatic rings. The normalized spacial score (nSPS) is 21.4. The van der Waals surface area contributed by atoms with Crippen molar-refractivity contribution < 1.29 is 14.4 Å². The predicted octanol–water partition coefficient (Wildman–Crippen LogP) is 0.0763. The van der Waals surface area contributed by atoms with Gasteiger partial charge in [-0.3, -0.25) is 14.6 Å². The quantitative estimate of drug-likeness (QED) is 0.829. The van der Waals surface area contributed by atoms with E-state index in [4.69, 9.17) is 4.84 Å². The summed E-state index contributed by atoms with van der Waals surface area (Å²) in [6, 6.07) is 3.68. The molecule has 1 saturated heterocycles. The van der Waals surface area contributed by atoms with Gasteiger partial charge in [0, 0.05) is 30.9 Å². The number of fused-ring (bicyclic) bond motifs is 1. The fourth-order valence-corrected chi connectivity index (χ4v) is 3.34. The SMILES string of the molecule is O=C(NCc1cccnc1)C1=NO[C@@H]2CN(C(=O)c3csnn3)C[C@H]12. The van der Waals surface area contributed by atoms with Crippen LogP contribution in [0, 0.1) is 5.92 Å². The van der Waals surface area contributed by atoms with Gasteiger partial charge in [0.15, 0.2) is 17.5 Å². The number of carbonyl (C=O) groups excluding carboxylic acids is 2. The Morgan fingerprint density at radius 2 is 2.32 bits per heavy atom. The smallest absolute Gasteiger partial charge is 0.275 e. The van der Waals surface area contributed by atoms with Crippen molar-refractivity contribution >= 4 is 29.1 Å². The molecule has 2 aliphatic heterocycles. The number of amides is 2. The van der Waals surface area contributed by atoms with Gasteiger partial charge in [0.25, 0.3) is 11.8 Å². The molecule has 0 aliphatic carbocycles. The number of carbonyl (C=O) groups is 2. The highest BCUT2D eigenvalue weighted by atomic mass is 32.1. The molecule has 0 saturated carbocycles. The minimum atomic E-state index is -0.297. The first-order valence-electron chi connectivity index (χ1n) is 7.69. The minimum Gasteiger partial charge on any atom is -0.389 e. The number of hydrogen-bond acceptors (Lipinski definition) is 8. The molecule has 2 amide bonds. The Kier molecular flexibility index (Phi) is 4.10. The van der Waals surface area contributed by atoms with Crippen molar-refractivity contribution in [2.75, 3.05) is 13.1 Å². The van der Waals surface area contributed by atoms with Crippen LogP contribution in [0.2, 0.25) is 0 Å². The largest absolute Gasteiger partial charge is 0.389 e. The van der Waals surface area contributed by atoms with Crippen LogP contribution in [-0.2, 0) is 16.2 Å². The Bertz CT molecular complexity index is 810. The number of rotatable bonds is 4. The van der Waals surface area contributed by atoms with E-state index in [1.54, 1.807) is 22.7 Å². The lowest BCUT2D eigenvalue weighted by Crippen LogP contribution is -2.37. The van der Waals surface area contributed by atoms with Gasteiger partial charge in [-0.15, -0.1) is 5.10 Å². The highest BCUT2D eigenvalue weighted by Gasteiger charge is 2.46. The number of pyridine rings is 1.